The van der Waals surface area contributed by atoms with Crippen LogP contribution in [0.1, 0.15) is 277 Å². The van der Waals surface area contributed by atoms with Gasteiger partial charge in [0.15, 0.2) is 5.12 Å². The lowest BCUT2D eigenvalue weighted by Crippen LogP contribution is -2.44. The number of nitrogens with zero attached hydrogens (tertiary/aromatic N) is 2. The topological polar surface area (TPSA) is 225 Å². The highest BCUT2D eigenvalue weighted by molar-refractivity contribution is 8.14. The van der Waals surface area contributed by atoms with E-state index < -0.39 is 48.9 Å². The van der Waals surface area contributed by atoms with Crippen LogP contribution >= 0.6 is 19.1 Å². The highest BCUT2D eigenvalue weighted by atomic mass is 32.2. The first-order valence-corrected chi connectivity index (χ1v) is 38.1. The Morgan fingerprint density at radius 3 is 0.753 bits per heavy atom. The molecule has 0 bridgehead atoms. The molecule has 0 fully saturated rings. The van der Waals surface area contributed by atoms with Gasteiger partial charge >= 0.3 is 5.97 Å². The number of ketones is 1. The molecule has 0 aromatic rings. The SMILES string of the molecule is CC(C)C(=O)C(C)C.CC(C)C(=O)N(C(C)C)C(C)C.CC(C)N(C(C)C)C(C)C.CC(C)OC(=O)C(C)C.CC(C)OS(=O)(=O)C(C)C.CC(C)OS(=O)(=O)C(C)C.CC(C)P(=O)(O)C(C)C.CC(C)S(=O)C(C)C.CC(C)SC(=O)C(C)C. The molecule has 0 aromatic heterocycles. The van der Waals surface area contributed by atoms with Crippen molar-refractivity contribution in [2.24, 2.45) is 29.6 Å². The predicted octanol–water partition coefficient (Wildman–Crippen LogP) is 16.5. The third-order valence-corrected chi connectivity index (χ3v) is 20.3. The summed E-state index contributed by atoms with van der Waals surface area (Å²) in [5.41, 5.74) is -0.199. The van der Waals surface area contributed by atoms with Crippen molar-refractivity contribution in [2.75, 3.05) is 0 Å². The molecule has 0 aliphatic carbocycles. The second-order valence-electron chi connectivity index (χ2n) is 26.5. The Bertz CT molecular complexity index is 1820. The van der Waals surface area contributed by atoms with Crippen LogP contribution in [0.25, 0.3) is 0 Å². The second kappa shape index (κ2) is 53.4. The fourth-order valence-corrected chi connectivity index (χ4v) is 11.0. The zero-order chi connectivity index (χ0) is 70.9. The van der Waals surface area contributed by atoms with Gasteiger partial charge in [-0.1, -0.05) is 150 Å². The summed E-state index contributed by atoms with van der Waals surface area (Å²) in [4.78, 5) is 57.8. The summed E-state index contributed by atoms with van der Waals surface area (Å²) in [6.07, 6.45) is -0.500. The van der Waals surface area contributed by atoms with Crippen LogP contribution in [0.4, 0.5) is 0 Å². The predicted molar refractivity (Wildman–Crippen MR) is 372 cm³/mol. The van der Waals surface area contributed by atoms with Crippen LogP contribution in [0, 0.1) is 29.6 Å². The monoisotopic (exact) mass is 1320 g/mol. The number of hydrogen-bond acceptors (Lipinski definition) is 15. The van der Waals surface area contributed by atoms with E-state index in [1.54, 1.807) is 83.1 Å². The fraction of sp³-hybridized carbons (Fsp3) is 0.938. The Morgan fingerprint density at radius 2 is 0.706 bits per heavy atom. The molecule has 520 valence electrons. The van der Waals surface area contributed by atoms with Gasteiger partial charge < -0.3 is 14.5 Å². The molecule has 0 aliphatic rings. The maximum Gasteiger partial charge on any atom is 0.308 e. The van der Waals surface area contributed by atoms with Gasteiger partial charge in [-0.25, -0.2) is 0 Å². The average molecular weight is 1320 g/mol. The first kappa shape index (κ1) is 103. The van der Waals surface area contributed by atoms with E-state index in [4.69, 9.17) is 4.74 Å². The summed E-state index contributed by atoms with van der Waals surface area (Å²) in [6, 6.07) is 2.61. The smallest absolute Gasteiger partial charge is 0.308 e. The Labute approximate surface area is 535 Å². The molecule has 85 heavy (non-hydrogen) atoms. The molecule has 0 aromatic carbocycles. The Balaban J connectivity index is -0.000000109. The third-order valence-electron chi connectivity index (χ3n) is 10.7. The first-order chi connectivity index (χ1) is 37.6. The number of thioether (sulfide) groups is 1. The molecule has 0 spiro atoms. The summed E-state index contributed by atoms with van der Waals surface area (Å²) >= 11 is 1.42. The molecule has 21 heteroatoms. The van der Waals surface area contributed by atoms with Gasteiger partial charge in [0.2, 0.25) is 13.3 Å². The lowest BCUT2D eigenvalue weighted by atomic mass is 9.99. The van der Waals surface area contributed by atoms with Crippen molar-refractivity contribution in [2.45, 2.75) is 363 Å². The first-order valence-electron chi connectivity index (χ1n) is 31.2. The number of amides is 1. The fourth-order valence-electron chi connectivity index (χ4n) is 6.50. The van der Waals surface area contributed by atoms with Crippen molar-refractivity contribution in [3.8, 4) is 0 Å². The van der Waals surface area contributed by atoms with Gasteiger partial charge in [0, 0.05) is 91.7 Å². The number of esters is 1. The molecule has 1 N–H and O–H groups in total. The molecule has 0 saturated carbocycles. The Hall–Kier alpha value is -1.25. The number of Topliss-reactive ketones (excluding diaryl/α,β-unsaturated/α-hetero) is 1. The zero-order valence-electron chi connectivity index (χ0n) is 62.3. The van der Waals surface area contributed by atoms with Crippen LogP contribution in [0.15, 0.2) is 0 Å². The van der Waals surface area contributed by atoms with Crippen molar-refractivity contribution in [1.82, 2.24) is 9.80 Å². The van der Waals surface area contributed by atoms with E-state index in [1.807, 2.05) is 130 Å². The highest BCUT2D eigenvalue weighted by Crippen LogP contribution is 2.50. The minimum Gasteiger partial charge on any atom is -0.463 e. The van der Waals surface area contributed by atoms with Crippen LogP contribution in [0.3, 0.4) is 0 Å². The van der Waals surface area contributed by atoms with E-state index in [2.05, 4.69) is 82.5 Å². The maximum atomic E-state index is 11.7. The molecule has 0 atom stereocenters. The average Bonchev–Trinajstić information content (AvgIpc) is 3.27. The van der Waals surface area contributed by atoms with Gasteiger partial charge in [-0.2, -0.15) is 16.8 Å². The van der Waals surface area contributed by atoms with Crippen molar-refractivity contribution in [1.29, 1.82) is 0 Å². The molecule has 0 radical (unpaired) electrons. The lowest BCUT2D eigenvalue weighted by Gasteiger charge is -2.34. The van der Waals surface area contributed by atoms with Gasteiger partial charge in [0.05, 0.1) is 34.7 Å². The molecule has 1 amide bonds. The second-order valence-corrected chi connectivity index (χ2v) is 38.2. The van der Waals surface area contributed by atoms with Crippen molar-refractivity contribution < 1.29 is 62.8 Å². The number of rotatable bonds is 22. The Morgan fingerprint density at radius 1 is 0.424 bits per heavy atom. The molecule has 0 unspecified atom stereocenters. The summed E-state index contributed by atoms with van der Waals surface area (Å²) in [6.45, 7) is 76.8. The minimum atomic E-state index is -3.30. The van der Waals surface area contributed by atoms with E-state index in [0.29, 0.717) is 56.9 Å². The molecule has 0 rings (SSSR count). The summed E-state index contributed by atoms with van der Waals surface area (Å²) < 4.78 is 80.0. The molecule has 16 nitrogen and oxygen atoms in total. The van der Waals surface area contributed by atoms with E-state index in [1.165, 1.54) is 11.8 Å². The molecule has 0 aliphatic heterocycles. The number of carbonyl (C=O) groups is 4. The van der Waals surface area contributed by atoms with Crippen LogP contribution in [-0.4, -0.2) is 145 Å². The van der Waals surface area contributed by atoms with Gasteiger partial charge in [-0.05, 0) is 138 Å². The molecule has 0 saturated heterocycles. The maximum absolute atomic E-state index is 11.7. The van der Waals surface area contributed by atoms with Crippen LogP contribution < -0.4 is 0 Å². The summed E-state index contributed by atoms with van der Waals surface area (Å²) in [7, 11) is -10.1. The van der Waals surface area contributed by atoms with Gasteiger partial charge in [-0.15, -0.1) is 0 Å². The molecular weight excluding hydrogens is 1180 g/mol. The van der Waals surface area contributed by atoms with Gasteiger partial charge in [0.25, 0.3) is 20.2 Å². The lowest BCUT2D eigenvalue weighted by molar-refractivity contribution is -0.151. The number of carbonyl (C=O) groups excluding carboxylic acids is 4. The normalized spacial score (nSPS) is 11.9. The van der Waals surface area contributed by atoms with E-state index in [-0.39, 0.29) is 71.1 Å². The van der Waals surface area contributed by atoms with Crippen molar-refractivity contribution in [3.63, 3.8) is 0 Å². The molecular formula is C64H141N2O14PS4. The van der Waals surface area contributed by atoms with Crippen LogP contribution in [0.2, 0.25) is 0 Å². The standard InChI is InChI=1S/C10H21NO.C9H21N.C7H14O2.C7H14OS.C7H14O.2C6H14O3S.C6H15O2P.C6H14OS/c1-7(2)10(12)11(8(3)4)9(5)6;1-7(2)10(8(3)4)9(5)6;2*1-5(2)7(8)9-6(3)4;1-5(2)7(8)6(3)4;2*1-5(2)9-10(7,8)6(3)4;1-5(2)9(7,8)6(3)4;1-5(2)8(7)6(3)4/h7-9H,1-6H3;7-9H,1-6H3;2*5-6H,1-4H3;5-6H,1-4H3;2*5-6H,1-4H3;5-6H,1-4H3,(H,7,8);5-6H,1-4H3. The van der Waals surface area contributed by atoms with E-state index in [0.717, 1.165) is 0 Å². The van der Waals surface area contributed by atoms with Crippen molar-refractivity contribution in [3.05, 3.63) is 0 Å². The van der Waals surface area contributed by atoms with Crippen LogP contribution in [0.5, 0.6) is 0 Å². The third kappa shape index (κ3) is 62.7. The van der Waals surface area contributed by atoms with Crippen LogP contribution in [-0.2, 0) is 67.9 Å². The Kier molecular flexibility index (Phi) is 64.5. The van der Waals surface area contributed by atoms with E-state index in [9.17, 15) is 49.7 Å². The quantitative estimate of drug-likeness (QED) is 0.0604. The zero-order valence-corrected chi connectivity index (χ0v) is 66.4. The highest BCUT2D eigenvalue weighted by Gasteiger charge is 2.27. The number of ether oxygens (including phenoxy) is 1. The summed E-state index contributed by atoms with van der Waals surface area (Å²) in [5, 5.41) is 0.458. The molecule has 0 heterocycles. The minimum absolute atomic E-state index is 0.00704. The van der Waals surface area contributed by atoms with Gasteiger partial charge in [-0.3, -0.25) is 41.2 Å². The van der Waals surface area contributed by atoms with E-state index >= 15 is 0 Å². The van der Waals surface area contributed by atoms with Gasteiger partial charge in [0.1, 0.15) is 5.78 Å². The van der Waals surface area contributed by atoms with Crippen molar-refractivity contribution >= 4 is 72.9 Å². The largest absolute Gasteiger partial charge is 0.463 e. The summed E-state index contributed by atoms with van der Waals surface area (Å²) in [5.74, 6) is 1.17. The number of hydrogen-bond donors (Lipinski definition) is 1.